The molecular formula is C18H18N6O8S3. The molecule has 14 nitrogen and oxygen atoms in total. The minimum atomic E-state index is -1.33. The number of rotatable bonds is 10. The van der Waals surface area contributed by atoms with E-state index in [1.165, 1.54) is 35.7 Å². The number of nitrogens with two attached hydrogens (primary N) is 1. The summed E-state index contributed by atoms with van der Waals surface area (Å²) in [7, 11) is 1.45. The molecule has 2 aliphatic heterocycles. The van der Waals surface area contributed by atoms with Crippen molar-refractivity contribution < 1.29 is 39.0 Å². The lowest BCUT2D eigenvalue weighted by Gasteiger charge is -2.49. The van der Waals surface area contributed by atoms with E-state index in [1.54, 1.807) is 0 Å². The van der Waals surface area contributed by atoms with Crippen molar-refractivity contribution >= 4 is 75.4 Å². The number of β-lactam (4-membered cyclic amide) rings is 1. The number of aliphatic carboxylic acids is 2. The predicted molar refractivity (Wildman–Crippen MR) is 127 cm³/mol. The van der Waals surface area contributed by atoms with Crippen molar-refractivity contribution in [3.63, 3.8) is 0 Å². The zero-order valence-electron chi connectivity index (χ0n) is 17.8. The van der Waals surface area contributed by atoms with Crippen LogP contribution in [-0.2, 0) is 28.8 Å². The normalized spacial score (nSPS) is 19.7. The van der Waals surface area contributed by atoms with E-state index in [0.29, 0.717) is 4.91 Å². The summed E-state index contributed by atoms with van der Waals surface area (Å²) in [6.07, 6.45) is 1.23. The van der Waals surface area contributed by atoms with Gasteiger partial charge in [0.1, 0.15) is 22.8 Å². The Morgan fingerprint density at radius 2 is 2.14 bits per heavy atom. The Hall–Kier alpha value is -3.57. The summed E-state index contributed by atoms with van der Waals surface area (Å²) in [6, 6.07) is -1.07. The topological polar surface area (TPSA) is 214 Å². The second kappa shape index (κ2) is 11.2. The number of hydrogen-bond donors (Lipinski definition) is 5. The Bertz CT molecular complexity index is 1160. The number of fused-ring (bicyclic) bond motifs is 1. The zero-order valence-corrected chi connectivity index (χ0v) is 20.2. The SMILES string of the molecule is CNC(=O)/C=C\SC1=C(C(=O)O)N2C(=O)[C@@H](NC(=O)/C(=N\OCC(=O)O)c3csc(N)n3)[C@H]2SC1. The lowest BCUT2D eigenvalue weighted by Crippen LogP contribution is -2.71. The monoisotopic (exact) mass is 542 g/mol. The quantitative estimate of drug-likeness (QED) is 0.107. The number of carbonyl (C=O) groups is 5. The molecule has 0 aromatic carbocycles. The van der Waals surface area contributed by atoms with E-state index in [4.69, 9.17) is 10.8 Å². The Kier molecular flexibility index (Phi) is 8.36. The van der Waals surface area contributed by atoms with Crippen molar-refractivity contribution in [3.8, 4) is 0 Å². The molecule has 0 radical (unpaired) electrons. The number of likely N-dealkylation sites (N-methyl/N-ethyl adjacent to an activating group) is 1. The molecule has 3 amide bonds. The molecule has 0 bridgehead atoms. The number of anilines is 1. The minimum Gasteiger partial charge on any atom is -0.479 e. The first-order valence-corrected chi connectivity index (χ1v) is 12.3. The number of oxime groups is 1. The van der Waals surface area contributed by atoms with Crippen molar-refractivity contribution in [2.24, 2.45) is 5.16 Å². The molecule has 6 N–H and O–H groups in total. The van der Waals surface area contributed by atoms with Gasteiger partial charge in [0.25, 0.3) is 11.8 Å². The largest absolute Gasteiger partial charge is 0.479 e. The fourth-order valence-electron chi connectivity index (χ4n) is 2.91. The third kappa shape index (κ3) is 5.92. The number of thioether (sulfide) groups is 2. The van der Waals surface area contributed by atoms with Gasteiger partial charge in [-0.15, -0.1) is 23.1 Å². The first kappa shape index (κ1) is 26.0. The van der Waals surface area contributed by atoms with Crippen LogP contribution in [0, 0.1) is 0 Å². The van der Waals surface area contributed by atoms with Crippen molar-refractivity contribution in [1.29, 1.82) is 0 Å². The van der Waals surface area contributed by atoms with Crippen molar-refractivity contribution in [3.05, 3.63) is 33.2 Å². The highest BCUT2D eigenvalue weighted by Gasteiger charge is 2.54. The van der Waals surface area contributed by atoms with E-state index in [9.17, 15) is 29.1 Å². The van der Waals surface area contributed by atoms with Gasteiger partial charge in [-0.2, -0.15) is 0 Å². The molecule has 17 heteroatoms. The van der Waals surface area contributed by atoms with Crippen molar-refractivity contribution in [2.45, 2.75) is 11.4 Å². The maximum Gasteiger partial charge on any atom is 0.353 e. The molecule has 0 aliphatic carbocycles. The summed E-state index contributed by atoms with van der Waals surface area (Å²) >= 11 is 3.24. The molecule has 0 spiro atoms. The van der Waals surface area contributed by atoms with Crippen LogP contribution in [0.2, 0.25) is 0 Å². The van der Waals surface area contributed by atoms with E-state index in [2.05, 4.69) is 25.6 Å². The summed E-state index contributed by atoms with van der Waals surface area (Å²) in [5, 5.41) is 29.1. The molecule has 186 valence electrons. The molecule has 0 unspecified atom stereocenters. The average Bonchev–Trinajstić information content (AvgIpc) is 3.24. The number of carboxylic acids is 2. The van der Waals surface area contributed by atoms with Crippen molar-refractivity contribution in [1.82, 2.24) is 20.5 Å². The van der Waals surface area contributed by atoms with Crippen LogP contribution in [0.5, 0.6) is 0 Å². The molecule has 0 saturated carbocycles. The zero-order chi connectivity index (χ0) is 25.7. The number of aromatic nitrogens is 1. The molecule has 1 saturated heterocycles. The van der Waals surface area contributed by atoms with E-state index in [1.807, 2.05) is 0 Å². The maximum atomic E-state index is 12.9. The molecule has 1 fully saturated rings. The van der Waals surface area contributed by atoms with E-state index in [-0.39, 0.29) is 28.2 Å². The highest BCUT2D eigenvalue weighted by molar-refractivity contribution is 8.08. The molecule has 3 heterocycles. The fraction of sp³-hybridized carbons (Fsp3) is 0.278. The van der Waals surface area contributed by atoms with Crippen LogP contribution >= 0.6 is 34.9 Å². The minimum absolute atomic E-state index is 0.0167. The van der Waals surface area contributed by atoms with Gasteiger partial charge < -0.3 is 31.4 Å². The summed E-state index contributed by atoms with van der Waals surface area (Å²) in [5.41, 5.74) is 4.98. The molecule has 2 aliphatic rings. The fourth-order valence-corrected chi connectivity index (χ4v) is 5.78. The molecule has 3 rings (SSSR count). The van der Waals surface area contributed by atoms with E-state index >= 15 is 0 Å². The molecule has 1 aromatic rings. The van der Waals surface area contributed by atoms with Gasteiger partial charge in [0.2, 0.25) is 12.5 Å². The van der Waals surface area contributed by atoms with E-state index < -0.39 is 47.5 Å². The maximum absolute atomic E-state index is 12.9. The molecule has 2 atom stereocenters. The van der Waals surface area contributed by atoms with E-state index in [0.717, 1.165) is 28.0 Å². The Balaban J connectivity index is 1.77. The lowest BCUT2D eigenvalue weighted by molar-refractivity contribution is -0.150. The van der Waals surface area contributed by atoms with Crippen molar-refractivity contribution in [2.75, 3.05) is 25.1 Å². The number of thiazole rings is 1. The third-order valence-corrected chi connectivity index (χ3v) is 7.45. The summed E-state index contributed by atoms with van der Waals surface area (Å²) in [5.74, 6) is -4.34. The molecule has 1 aromatic heterocycles. The Morgan fingerprint density at radius 3 is 2.74 bits per heavy atom. The van der Waals surface area contributed by atoms with Crippen LogP contribution in [0.25, 0.3) is 0 Å². The van der Waals surface area contributed by atoms with Crippen LogP contribution < -0.4 is 16.4 Å². The van der Waals surface area contributed by atoms with Crippen LogP contribution in [0.3, 0.4) is 0 Å². The number of hydrogen-bond acceptors (Lipinski definition) is 12. The Labute approximate surface area is 209 Å². The van der Waals surface area contributed by atoms with Gasteiger partial charge in [0.15, 0.2) is 10.8 Å². The van der Waals surface area contributed by atoms with Gasteiger partial charge >= 0.3 is 11.9 Å². The van der Waals surface area contributed by atoms with Gasteiger partial charge in [0, 0.05) is 29.2 Å². The van der Waals surface area contributed by atoms with Gasteiger partial charge in [0.05, 0.1) is 0 Å². The predicted octanol–water partition coefficient (Wildman–Crippen LogP) is -0.780. The highest BCUT2D eigenvalue weighted by atomic mass is 32.2. The third-order valence-electron chi connectivity index (χ3n) is 4.42. The molecule has 35 heavy (non-hydrogen) atoms. The average molecular weight is 543 g/mol. The number of carboxylic acid groups (broad SMARTS) is 2. The second-order valence-electron chi connectivity index (χ2n) is 6.65. The Morgan fingerprint density at radius 1 is 1.40 bits per heavy atom. The van der Waals surface area contributed by atoms with Crippen LogP contribution in [0.15, 0.2) is 32.6 Å². The smallest absolute Gasteiger partial charge is 0.353 e. The lowest BCUT2D eigenvalue weighted by atomic mass is 10.0. The molecular weight excluding hydrogens is 524 g/mol. The van der Waals surface area contributed by atoms with Crippen LogP contribution in [-0.4, -0.2) is 86.3 Å². The number of carbonyl (C=O) groups excluding carboxylic acids is 3. The van der Waals surface area contributed by atoms with Gasteiger partial charge in [-0.1, -0.05) is 16.9 Å². The summed E-state index contributed by atoms with van der Waals surface area (Å²) < 4.78 is 0. The first-order chi connectivity index (χ1) is 16.6. The summed E-state index contributed by atoms with van der Waals surface area (Å²) in [6.45, 7) is -0.813. The second-order valence-corrected chi connectivity index (χ2v) is 9.65. The first-order valence-electron chi connectivity index (χ1n) is 9.54. The van der Waals surface area contributed by atoms with Crippen LogP contribution in [0.1, 0.15) is 5.69 Å². The summed E-state index contributed by atoms with van der Waals surface area (Å²) in [4.78, 5) is 69.6. The number of amides is 3. The number of nitrogens with zero attached hydrogens (tertiary/aromatic N) is 3. The van der Waals surface area contributed by atoms with Gasteiger partial charge in [-0.25, -0.2) is 14.6 Å². The standard InChI is InChI=1S/C18H18N6O8S3/c1-20-9(25)2-3-33-8-6-34-16-12(15(29)24(16)13(8)17(30)31)22-14(28)11(23-32-4-10(26)27)7-5-35-18(19)21-7/h2-3,5,12,16H,4,6H2,1H3,(H2,19,21)(H,20,25)(H,22,28)(H,26,27)(H,30,31)/b3-2-,23-11-/t12-,16-/m1/s1. The van der Waals surface area contributed by atoms with Gasteiger partial charge in [-0.05, 0) is 5.41 Å². The van der Waals surface area contributed by atoms with Gasteiger partial charge in [-0.3, -0.25) is 19.3 Å². The van der Waals surface area contributed by atoms with Crippen LogP contribution in [0.4, 0.5) is 5.13 Å². The number of nitrogens with one attached hydrogen (secondary N) is 2. The number of nitrogen functional groups attached to an aromatic ring is 1. The highest BCUT2D eigenvalue weighted by Crippen LogP contribution is 2.43.